The summed E-state index contributed by atoms with van der Waals surface area (Å²) in [6.07, 6.45) is 2.56. The number of amides is 1. The molecule has 19 heavy (non-hydrogen) atoms. The van der Waals surface area contributed by atoms with Crippen LogP contribution in [0.1, 0.15) is 47.5 Å². The minimum absolute atomic E-state index is 0.0141. The molecular formula is C15H30N2O2. The van der Waals surface area contributed by atoms with Gasteiger partial charge in [-0.05, 0) is 52.6 Å². The van der Waals surface area contributed by atoms with E-state index in [1.54, 1.807) is 0 Å². The summed E-state index contributed by atoms with van der Waals surface area (Å²) in [5.41, 5.74) is -0.260. The van der Waals surface area contributed by atoms with Crippen molar-refractivity contribution in [2.45, 2.75) is 59.1 Å². The third kappa shape index (κ3) is 6.39. The maximum Gasteiger partial charge on any atom is 0.246 e. The second kappa shape index (κ2) is 7.25. The fourth-order valence-corrected chi connectivity index (χ4v) is 2.41. The molecule has 1 aliphatic heterocycles. The summed E-state index contributed by atoms with van der Waals surface area (Å²) in [5, 5.41) is 3.01. The third-order valence-electron chi connectivity index (χ3n) is 3.52. The lowest BCUT2D eigenvalue weighted by Gasteiger charge is -2.31. The van der Waals surface area contributed by atoms with Crippen LogP contribution in [0.15, 0.2) is 0 Å². The third-order valence-corrected chi connectivity index (χ3v) is 3.52. The molecule has 1 N–H and O–H groups in total. The van der Waals surface area contributed by atoms with E-state index in [0.29, 0.717) is 12.0 Å². The molecule has 0 aliphatic carbocycles. The van der Waals surface area contributed by atoms with Crippen molar-refractivity contribution in [3.8, 4) is 0 Å². The Bertz CT molecular complexity index is 278. The van der Waals surface area contributed by atoms with Crippen molar-refractivity contribution >= 4 is 5.91 Å². The van der Waals surface area contributed by atoms with E-state index >= 15 is 0 Å². The lowest BCUT2D eigenvalue weighted by Crippen LogP contribution is -2.46. The number of carbonyl (C=O) groups is 1. The predicted octanol–water partition coefficient (Wildman–Crippen LogP) is 2.04. The van der Waals surface area contributed by atoms with Crippen molar-refractivity contribution < 1.29 is 9.53 Å². The molecule has 1 fully saturated rings. The Kier molecular flexibility index (Phi) is 6.27. The van der Waals surface area contributed by atoms with Crippen LogP contribution < -0.4 is 5.32 Å². The highest BCUT2D eigenvalue weighted by molar-refractivity contribution is 5.77. The number of hydrogen-bond acceptors (Lipinski definition) is 3. The van der Waals surface area contributed by atoms with Gasteiger partial charge in [0.25, 0.3) is 0 Å². The van der Waals surface area contributed by atoms with Gasteiger partial charge in [-0.25, -0.2) is 0 Å². The second-order valence-corrected chi connectivity index (χ2v) is 6.76. The smallest absolute Gasteiger partial charge is 0.246 e. The number of likely N-dealkylation sites (tertiary alicyclic amines) is 1. The zero-order valence-corrected chi connectivity index (χ0v) is 13.2. The van der Waals surface area contributed by atoms with Crippen LogP contribution >= 0.6 is 0 Å². The normalized spacial score (nSPS) is 18.8. The minimum atomic E-state index is -0.260. The summed E-state index contributed by atoms with van der Waals surface area (Å²) in [7, 11) is 0. The van der Waals surface area contributed by atoms with Crippen LogP contribution in [0.25, 0.3) is 0 Å². The van der Waals surface area contributed by atoms with E-state index in [2.05, 4.69) is 24.1 Å². The molecule has 4 nitrogen and oxygen atoms in total. The Morgan fingerprint density at radius 2 is 1.84 bits per heavy atom. The van der Waals surface area contributed by atoms with Gasteiger partial charge in [0.2, 0.25) is 5.91 Å². The predicted molar refractivity (Wildman–Crippen MR) is 78.1 cm³/mol. The Morgan fingerprint density at radius 3 is 2.32 bits per heavy atom. The molecule has 1 aliphatic rings. The maximum atomic E-state index is 11.8. The first kappa shape index (κ1) is 16.4. The molecule has 1 atom stereocenters. The van der Waals surface area contributed by atoms with Crippen molar-refractivity contribution in [2.24, 2.45) is 5.92 Å². The second-order valence-electron chi connectivity index (χ2n) is 6.76. The maximum absolute atomic E-state index is 11.8. The van der Waals surface area contributed by atoms with E-state index in [1.807, 2.05) is 20.8 Å². The van der Waals surface area contributed by atoms with Crippen LogP contribution in [0.4, 0.5) is 0 Å². The number of nitrogens with one attached hydrogen (secondary N) is 1. The first-order valence-electron chi connectivity index (χ1n) is 7.44. The Labute approximate surface area is 117 Å². The molecule has 4 heteroatoms. The zero-order valence-electron chi connectivity index (χ0n) is 13.2. The van der Waals surface area contributed by atoms with Gasteiger partial charge in [-0.1, -0.05) is 13.8 Å². The van der Waals surface area contributed by atoms with E-state index in [-0.39, 0.29) is 18.1 Å². The Balaban J connectivity index is 2.33. The van der Waals surface area contributed by atoms with Crippen LogP contribution in [-0.2, 0) is 9.53 Å². The van der Waals surface area contributed by atoms with E-state index in [1.165, 1.54) is 12.8 Å². The van der Waals surface area contributed by atoms with Crippen molar-refractivity contribution in [1.82, 2.24) is 10.2 Å². The summed E-state index contributed by atoms with van der Waals surface area (Å²) in [5.74, 6) is 0.543. The lowest BCUT2D eigenvalue weighted by atomic mass is 10.0. The van der Waals surface area contributed by atoms with Gasteiger partial charge >= 0.3 is 0 Å². The fraction of sp³-hybridized carbons (Fsp3) is 0.933. The number of carbonyl (C=O) groups excluding carboxylic acids is 1. The molecule has 0 radical (unpaired) electrons. The first-order chi connectivity index (χ1) is 8.79. The van der Waals surface area contributed by atoms with Gasteiger partial charge < -0.3 is 10.1 Å². The van der Waals surface area contributed by atoms with Gasteiger partial charge in [0.1, 0.15) is 6.61 Å². The largest absolute Gasteiger partial charge is 0.366 e. The van der Waals surface area contributed by atoms with Crippen molar-refractivity contribution in [3.05, 3.63) is 0 Å². The van der Waals surface area contributed by atoms with Crippen LogP contribution in [-0.4, -0.2) is 48.7 Å². The molecule has 1 unspecified atom stereocenters. The SMILES string of the molecule is CC(C)C(CNC(=O)COC(C)(C)C)N1CCCC1. The van der Waals surface area contributed by atoms with Crippen LogP contribution in [0.3, 0.4) is 0 Å². The van der Waals surface area contributed by atoms with E-state index in [0.717, 1.165) is 19.6 Å². The molecule has 1 saturated heterocycles. The average molecular weight is 270 g/mol. The van der Waals surface area contributed by atoms with Crippen molar-refractivity contribution in [1.29, 1.82) is 0 Å². The van der Waals surface area contributed by atoms with Crippen molar-refractivity contribution in [3.63, 3.8) is 0 Å². The summed E-state index contributed by atoms with van der Waals surface area (Å²) < 4.78 is 5.48. The van der Waals surface area contributed by atoms with Crippen molar-refractivity contribution in [2.75, 3.05) is 26.2 Å². The van der Waals surface area contributed by atoms with Crippen LogP contribution in [0.5, 0.6) is 0 Å². The molecule has 1 heterocycles. The molecule has 0 aromatic carbocycles. The van der Waals surface area contributed by atoms with Gasteiger partial charge in [-0.2, -0.15) is 0 Å². The summed E-state index contributed by atoms with van der Waals surface area (Å²) in [4.78, 5) is 14.3. The molecule has 0 aromatic heterocycles. The van der Waals surface area contributed by atoms with E-state index < -0.39 is 0 Å². The summed E-state index contributed by atoms with van der Waals surface area (Å²) in [6, 6.07) is 0.445. The highest BCUT2D eigenvalue weighted by Gasteiger charge is 2.25. The van der Waals surface area contributed by atoms with Gasteiger partial charge in [-0.15, -0.1) is 0 Å². The highest BCUT2D eigenvalue weighted by atomic mass is 16.5. The Hall–Kier alpha value is -0.610. The van der Waals surface area contributed by atoms with E-state index in [9.17, 15) is 4.79 Å². The quantitative estimate of drug-likeness (QED) is 0.803. The molecular weight excluding hydrogens is 240 g/mol. The fourth-order valence-electron chi connectivity index (χ4n) is 2.41. The van der Waals surface area contributed by atoms with Gasteiger partial charge in [0.05, 0.1) is 5.60 Å². The summed E-state index contributed by atoms with van der Waals surface area (Å²) in [6.45, 7) is 13.5. The highest BCUT2D eigenvalue weighted by Crippen LogP contribution is 2.17. The van der Waals surface area contributed by atoms with Gasteiger partial charge in [-0.3, -0.25) is 9.69 Å². The molecule has 1 rings (SSSR count). The Morgan fingerprint density at radius 1 is 1.26 bits per heavy atom. The monoisotopic (exact) mass is 270 g/mol. The molecule has 0 spiro atoms. The summed E-state index contributed by atoms with van der Waals surface area (Å²) >= 11 is 0. The molecule has 0 saturated carbocycles. The van der Waals surface area contributed by atoms with Crippen LogP contribution in [0.2, 0.25) is 0 Å². The lowest BCUT2D eigenvalue weighted by molar-refractivity contribution is -0.130. The topological polar surface area (TPSA) is 41.6 Å². The van der Waals surface area contributed by atoms with Gasteiger partial charge in [0.15, 0.2) is 0 Å². The average Bonchev–Trinajstić information content (AvgIpc) is 2.78. The molecule has 1 amide bonds. The molecule has 0 aromatic rings. The molecule has 112 valence electrons. The number of nitrogens with zero attached hydrogens (tertiary/aromatic N) is 1. The number of hydrogen-bond donors (Lipinski definition) is 1. The minimum Gasteiger partial charge on any atom is -0.366 e. The number of rotatable bonds is 6. The number of ether oxygens (including phenoxy) is 1. The van der Waals surface area contributed by atoms with Crippen LogP contribution in [0, 0.1) is 5.92 Å². The van der Waals surface area contributed by atoms with E-state index in [4.69, 9.17) is 4.74 Å². The van der Waals surface area contributed by atoms with Gasteiger partial charge in [0, 0.05) is 12.6 Å². The standard InChI is InChI=1S/C15H30N2O2/c1-12(2)13(17-8-6-7-9-17)10-16-14(18)11-19-15(3,4)5/h12-13H,6-11H2,1-5H3,(H,16,18). The first-order valence-corrected chi connectivity index (χ1v) is 7.44. The molecule has 0 bridgehead atoms. The zero-order chi connectivity index (χ0) is 14.5.